The van der Waals surface area contributed by atoms with Crippen LogP contribution < -0.4 is 16.4 Å². The molecule has 13 heavy (non-hydrogen) atoms. The fourth-order valence-electron chi connectivity index (χ4n) is 0.747. The van der Waals surface area contributed by atoms with Crippen molar-refractivity contribution in [1.82, 2.24) is 10.6 Å². The van der Waals surface area contributed by atoms with E-state index in [1.807, 2.05) is 6.07 Å². The van der Waals surface area contributed by atoms with E-state index in [1.54, 1.807) is 6.92 Å². The number of rotatable bonds is 1. The second-order valence-corrected chi connectivity index (χ2v) is 2.74. The van der Waals surface area contributed by atoms with Gasteiger partial charge in [0.15, 0.2) is 5.54 Å². The lowest BCUT2D eigenvalue weighted by Gasteiger charge is -2.21. The molecule has 0 spiro atoms. The highest BCUT2D eigenvalue weighted by Gasteiger charge is 2.22. The summed E-state index contributed by atoms with van der Waals surface area (Å²) >= 11 is 0. The lowest BCUT2D eigenvalue weighted by atomic mass is 10.1. The van der Waals surface area contributed by atoms with Crippen molar-refractivity contribution in [3.63, 3.8) is 0 Å². The quantitative estimate of drug-likeness (QED) is 0.501. The summed E-state index contributed by atoms with van der Waals surface area (Å²) in [6.45, 7) is 1.66. The first-order valence-corrected chi connectivity index (χ1v) is 3.56. The number of primary amides is 1. The lowest BCUT2D eigenvalue weighted by molar-refractivity contribution is 0.251. The van der Waals surface area contributed by atoms with Crippen LogP contribution in [0.5, 0.6) is 0 Å². The highest BCUT2D eigenvalue weighted by molar-refractivity contribution is 5.78. The van der Waals surface area contributed by atoms with Crippen LogP contribution in [0, 0.1) is 11.3 Å². The Morgan fingerprint density at radius 2 is 2.62 bits per heavy atom. The van der Waals surface area contributed by atoms with Crippen LogP contribution in [0.4, 0.5) is 4.79 Å². The number of urea groups is 1. The molecule has 1 aliphatic heterocycles. The Labute approximate surface area is 75.1 Å². The number of nitriles is 1. The molecule has 1 unspecified atom stereocenters. The van der Waals surface area contributed by atoms with Crippen LogP contribution in [0.2, 0.25) is 0 Å². The third kappa shape index (κ3) is 2.20. The minimum Gasteiger partial charge on any atom is -0.366 e. The number of aliphatic imine (C=N–C) groups is 1. The largest absolute Gasteiger partial charge is 0.366 e. The Bertz CT molecular complexity index is 326. The molecule has 0 aromatic heterocycles. The number of nitrogens with two attached hydrogens (primary N) is 1. The van der Waals surface area contributed by atoms with Gasteiger partial charge in [0, 0.05) is 12.4 Å². The van der Waals surface area contributed by atoms with Crippen LogP contribution in [-0.4, -0.2) is 17.8 Å². The van der Waals surface area contributed by atoms with Gasteiger partial charge in [0.05, 0.1) is 6.07 Å². The minimum absolute atomic E-state index is 0.292. The molecule has 0 aliphatic carbocycles. The summed E-state index contributed by atoms with van der Waals surface area (Å²) in [7, 11) is 0. The molecule has 0 fully saturated rings. The molecule has 0 aromatic carbocycles. The third-order valence-corrected chi connectivity index (χ3v) is 1.45. The fraction of sp³-hybridized carbons (Fsp3) is 0.286. The molecule has 4 N–H and O–H groups in total. The maximum Gasteiger partial charge on any atom is 0.317 e. The summed E-state index contributed by atoms with van der Waals surface area (Å²) in [6, 6.07) is 1.32. The van der Waals surface area contributed by atoms with Crippen LogP contribution in [0.25, 0.3) is 0 Å². The highest BCUT2D eigenvalue weighted by Crippen LogP contribution is 2.05. The van der Waals surface area contributed by atoms with Gasteiger partial charge in [0.1, 0.15) is 5.82 Å². The van der Waals surface area contributed by atoms with Crippen LogP contribution in [0.3, 0.4) is 0 Å². The van der Waals surface area contributed by atoms with Crippen molar-refractivity contribution in [1.29, 1.82) is 5.26 Å². The predicted octanol–water partition coefficient (Wildman–Crippen LogP) is -0.590. The first-order chi connectivity index (χ1) is 6.06. The van der Waals surface area contributed by atoms with Crippen molar-refractivity contribution in [2.75, 3.05) is 0 Å². The van der Waals surface area contributed by atoms with E-state index in [9.17, 15) is 4.79 Å². The monoisotopic (exact) mass is 179 g/mol. The molecule has 68 valence electrons. The molecule has 0 aromatic rings. The van der Waals surface area contributed by atoms with E-state index < -0.39 is 11.6 Å². The summed E-state index contributed by atoms with van der Waals surface area (Å²) < 4.78 is 0. The molecular weight excluding hydrogens is 170 g/mol. The van der Waals surface area contributed by atoms with Crippen molar-refractivity contribution < 1.29 is 4.79 Å². The Hall–Kier alpha value is -2.03. The molecule has 0 saturated heterocycles. The van der Waals surface area contributed by atoms with E-state index in [4.69, 9.17) is 11.0 Å². The zero-order valence-electron chi connectivity index (χ0n) is 7.03. The summed E-state index contributed by atoms with van der Waals surface area (Å²) in [5, 5.41) is 13.7. The number of hydrogen-bond donors (Lipinski definition) is 3. The minimum atomic E-state index is -0.817. The Kier molecular flexibility index (Phi) is 2.19. The molecule has 1 atom stereocenters. The number of nitrogens with one attached hydrogen (secondary N) is 2. The van der Waals surface area contributed by atoms with E-state index in [2.05, 4.69) is 15.6 Å². The second kappa shape index (κ2) is 3.15. The van der Waals surface area contributed by atoms with Gasteiger partial charge in [0.25, 0.3) is 0 Å². The van der Waals surface area contributed by atoms with Crippen molar-refractivity contribution >= 4 is 12.2 Å². The van der Waals surface area contributed by atoms with Gasteiger partial charge in [-0.3, -0.25) is 5.32 Å². The maximum atomic E-state index is 10.4. The summed E-state index contributed by atoms with van der Waals surface area (Å²) in [4.78, 5) is 14.2. The topological polar surface area (TPSA) is 103 Å². The lowest BCUT2D eigenvalue weighted by Crippen LogP contribution is -2.43. The van der Waals surface area contributed by atoms with Crippen molar-refractivity contribution in [2.45, 2.75) is 12.5 Å². The van der Waals surface area contributed by atoms with Gasteiger partial charge < -0.3 is 11.1 Å². The van der Waals surface area contributed by atoms with Crippen LogP contribution in [0.15, 0.2) is 17.0 Å². The Morgan fingerprint density at radius 1 is 1.92 bits per heavy atom. The van der Waals surface area contributed by atoms with Crippen molar-refractivity contribution in [2.24, 2.45) is 10.7 Å². The zero-order valence-corrected chi connectivity index (χ0v) is 7.03. The average Bonchev–Trinajstić information content (AvgIpc) is 2.09. The molecule has 1 heterocycles. The smallest absolute Gasteiger partial charge is 0.317 e. The van der Waals surface area contributed by atoms with Gasteiger partial charge in [-0.05, 0) is 6.92 Å². The van der Waals surface area contributed by atoms with Gasteiger partial charge in [-0.1, -0.05) is 0 Å². The maximum absolute atomic E-state index is 10.4. The van der Waals surface area contributed by atoms with Gasteiger partial charge in [0.2, 0.25) is 0 Å². The van der Waals surface area contributed by atoms with E-state index in [1.165, 1.54) is 12.4 Å². The normalized spacial score (nSPS) is 25.4. The molecular formula is C7H9N5O. The molecule has 0 bridgehead atoms. The van der Waals surface area contributed by atoms with Gasteiger partial charge in [-0.25, -0.2) is 9.79 Å². The second-order valence-electron chi connectivity index (χ2n) is 2.74. The molecule has 2 amide bonds. The number of nitrogens with zero attached hydrogens (tertiary/aromatic N) is 2. The molecule has 0 saturated carbocycles. The van der Waals surface area contributed by atoms with Crippen LogP contribution in [-0.2, 0) is 0 Å². The zero-order chi connectivity index (χ0) is 9.90. The van der Waals surface area contributed by atoms with Crippen molar-refractivity contribution in [3.05, 3.63) is 12.0 Å². The molecule has 1 aliphatic rings. The molecule has 1 rings (SSSR count). The molecule has 6 heteroatoms. The summed E-state index contributed by atoms with van der Waals surface area (Å²) in [6.07, 6.45) is 2.83. The SMILES string of the molecule is CC1(C#N)C=NC(NC(N)=O)=CN1. The average molecular weight is 179 g/mol. The first-order valence-electron chi connectivity index (χ1n) is 3.56. The Morgan fingerprint density at radius 3 is 3.00 bits per heavy atom. The Balaban J connectivity index is 2.66. The van der Waals surface area contributed by atoms with Crippen LogP contribution >= 0.6 is 0 Å². The number of carbonyl (C=O) groups excluding carboxylic acids is 1. The summed E-state index contributed by atoms with van der Waals surface area (Å²) in [5.74, 6) is 0.292. The number of carbonyl (C=O) groups is 1. The van der Waals surface area contributed by atoms with Gasteiger partial charge in [-0.15, -0.1) is 0 Å². The van der Waals surface area contributed by atoms with E-state index in [-0.39, 0.29) is 0 Å². The third-order valence-electron chi connectivity index (χ3n) is 1.45. The summed E-state index contributed by atoms with van der Waals surface area (Å²) in [5.41, 5.74) is 4.05. The van der Waals surface area contributed by atoms with Crippen LogP contribution in [0.1, 0.15) is 6.92 Å². The van der Waals surface area contributed by atoms with E-state index in [0.717, 1.165) is 0 Å². The number of hydrogen-bond acceptors (Lipinski definition) is 4. The van der Waals surface area contributed by atoms with E-state index in [0.29, 0.717) is 5.82 Å². The predicted molar refractivity (Wildman–Crippen MR) is 46.4 cm³/mol. The van der Waals surface area contributed by atoms with Gasteiger partial charge >= 0.3 is 6.03 Å². The standard InChI is InChI=1S/C7H9N5O/c1-7(3-8)4-10-5(2-11-7)12-6(9)13/h2,4,11H,1H3,(H3,9,12,13). The van der Waals surface area contributed by atoms with Crippen molar-refractivity contribution in [3.8, 4) is 6.07 Å². The highest BCUT2D eigenvalue weighted by atomic mass is 16.2. The molecule has 6 nitrogen and oxygen atoms in total. The molecule has 0 radical (unpaired) electrons. The number of amides is 2. The fourth-order valence-corrected chi connectivity index (χ4v) is 0.747. The van der Waals surface area contributed by atoms with Gasteiger partial charge in [-0.2, -0.15) is 5.26 Å². The van der Waals surface area contributed by atoms with E-state index >= 15 is 0 Å². The first kappa shape index (κ1) is 9.06.